The van der Waals surface area contributed by atoms with E-state index in [4.69, 9.17) is 5.73 Å². The van der Waals surface area contributed by atoms with Gasteiger partial charge in [0.1, 0.15) is 10.0 Å². The molecule has 2 aromatic heterocycles. The molecule has 0 aromatic carbocycles. The van der Waals surface area contributed by atoms with Crippen LogP contribution in [0.15, 0.2) is 21.6 Å². The number of anilines is 1. The van der Waals surface area contributed by atoms with Gasteiger partial charge in [-0.05, 0) is 24.8 Å². The van der Waals surface area contributed by atoms with Gasteiger partial charge in [0.05, 0.1) is 11.9 Å². The Morgan fingerprint density at radius 1 is 1.57 bits per heavy atom. The number of rotatable bonds is 2. The topological polar surface area (TPSA) is 56.7 Å². The molecule has 2 N–H and O–H groups in total. The zero-order valence-electron chi connectivity index (χ0n) is 7.89. The minimum absolute atomic E-state index is 0.742. The summed E-state index contributed by atoms with van der Waals surface area (Å²) in [5.74, 6) is 0. The molecule has 2 heterocycles. The highest BCUT2D eigenvalue weighted by Gasteiger charge is 2.06. The van der Waals surface area contributed by atoms with Crippen LogP contribution in [-0.4, -0.2) is 14.8 Å². The minimum atomic E-state index is 0.742. The van der Waals surface area contributed by atoms with Crippen LogP contribution < -0.4 is 5.73 Å². The highest BCUT2D eigenvalue weighted by Crippen LogP contribution is 2.31. The number of aryl methyl sites for hydroxylation is 2. The fourth-order valence-corrected chi connectivity index (χ4v) is 2.90. The Morgan fingerprint density at radius 3 is 2.86 bits per heavy atom. The van der Waals surface area contributed by atoms with Gasteiger partial charge in [-0.2, -0.15) is 5.10 Å². The predicted octanol–water partition coefficient (Wildman–Crippen LogP) is 1.92. The van der Waals surface area contributed by atoms with Crippen molar-refractivity contribution in [1.29, 1.82) is 0 Å². The lowest BCUT2D eigenvalue weighted by Crippen LogP contribution is -1.91. The molecular weight excluding hydrogens is 216 g/mol. The maximum absolute atomic E-state index is 5.60. The molecule has 0 radical (unpaired) electrons. The van der Waals surface area contributed by atoms with Gasteiger partial charge in [-0.15, -0.1) is 0 Å². The summed E-state index contributed by atoms with van der Waals surface area (Å²) in [5.41, 5.74) is 6.61. The summed E-state index contributed by atoms with van der Waals surface area (Å²) < 4.78 is 2.79. The van der Waals surface area contributed by atoms with E-state index in [2.05, 4.69) is 10.1 Å². The van der Waals surface area contributed by atoms with Crippen LogP contribution in [-0.2, 0) is 7.05 Å². The van der Waals surface area contributed by atoms with Crippen LogP contribution in [0.2, 0.25) is 0 Å². The third-order valence-corrected chi connectivity index (χ3v) is 3.65. The van der Waals surface area contributed by atoms with Crippen LogP contribution >= 0.6 is 23.1 Å². The Morgan fingerprint density at radius 2 is 2.36 bits per heavy atom. The van der Waals surface area contributed by atoms with Gasteiger partial charge in [-0.1, -0.05) is 11.3 Å². The third-order valence-electron chi connectivity index (χ3n) is 1.65. The number of nitrogens with zero attached hydrogens (tertiary/aromatic N) is 3. The van der Waals surface area contributed by atoms with Crippen molar-refractivity contribution >= 4 is 28.1 Å². The summed E-state index contributed by atoms with van der Waals surface area (Å²) in [6.07, 6.45) is 1.68. The summed E-state index contributed by atoms with van der Waals surface area (Å²) in [5, 5.41) is 6.08. The quantitative estimate of drug-likeness (QED) is 0.850. The molecular formula is C8H10N4S2. The molecule has 2 aromatic rings. The van der Waals surface area contributed by atoms with E-state index in [9.17, 15) is 0 Å². The highest BCUT2D eigenvalue weighted by atomic mass is 32.2. The molecule has 0 amide bonds. The van der Waals surface area contributed by atoms with E-state index in [-0.39, 0.29) is 0 Å². The number of nitrogens with two attached hydrogens (primary N) is 1. The second kappa shape index (κ2) is 3.62. The second-order valence-electron chi connectivity index (χ2n) is 2.88. The van der Waals surface area contributed by atoms with Crippen molar-refractivity contribution in [3.05, 3.63) is 18.0 Å². The molecule has 0 spiro atoms. The molecule has 0 unspecified atom stereocenters. The van der Waals surface area contributed by atoms with Crippen molar-refractivity contribution in [1.82, 2.24) is 14.8 Å². The van der Waals surface area contributed by atoms with E-state index in [1.165, 1.54) is 11.3 Å². The van der Waals surface area contributed by atoms with Crippen molar-refractivity contribution in [2.45, 2.75) is 16.3 Å². The van der Waals surface area contributed by atoms with Crippen molar-refractivity contribution < 1.29 is 0 Å². The third kappa shape index (κ3) is 1.91. The summed E-state index contributed by atoms with van der Waals surface area (Å²) in [7, 11) is 1.92. The Balaban J connectivity index is 2.22. The van der Waals surface area contributed by atoms with Crippen LogP contribution in [0.1, 0.15) is 5.69 Å². The van der Waals surface area contributed by atoms with Gasteiger partial charge >= 0.3 is 0 Å². The zero-order chi connectivity index (χ0) is 10.1. The van der Waals surface area contributed by atoms with Crippen molar-refractivity contribution in [2.75, 3.05) is 5.73 Å². The monoisotopic (exact) mass is 226 g/mol. The first-order valence-electron chi connectivity index (χ1n) is 4.05. The number of hydrogen-bond donors (Lipinski definition) is 1. The van der Waals surface area contributed by atoms with Crippen molar-refractivity contribution in [3.8, 4) is 0 Å². The molecule has 0 atom stereocenters. The molecule has 0 aliphatic carbocycles. The maximum atomic E-state index is 5.60. The fourth-order valence-electron chi connectivity index (χ4n) is 1.09. The van der Waals surface area contributed by atoms with Crippen LogP contribution in [0, 0.1) is 6.92 Å². The number of nitrogen functional groups attached to an aromatic ring is 1. The highest BCUT2D eigenvalue weighted by molar-refractivity contribution is 8.01. The normalized spacial score (nSPS) is 10.7. The van der Waals surface area contributed by atoms with E-state index in [0.717, 1.165) is 20.1 Å². The smallest absolute Gasteiger partial charge is 0.158 e. The van der Waals surface area contributed by atoms with Gasteiger partial charge in [0, 0.05) is 7.05 Å². The summed E-state index contributed by atoms with van der Waals surface area (Å²) >= 11 is 3.07. The molecule has 0 bridgehead atoms. The molecule has 0 fully saturated rings. The summed E-state index contributed by atoms with van der Waals surface area (Å²) in [4.78, 5) is 4.18. The van der Waals surface area contributed by atoms with Crippen LogP contribution in [0.3, 0.4) is 0 Å². The lowest BCUT2D eigenvalue weighted by molar-refractivity contribution is 0.692. The molecule has 2 rings (SSSR count). The average molecular weight is 226 g/mol. The van der Waals surface area contributed by atoms with Crippen molar-refractivity contribution in [3.63, 3.8) is 0 Å². The molecule has 0 aliphatic rings. The first-order chi connectivity index (χ1) is 6.65. The Labute approximate surface area is 90.1 Å². The molecule has 0 aliphatic heterocycles. The van der Waals surface area contributed by atoms with Gasteiger partial charge < -0.3 is 5.73 Å². The number of thiazole rings is 1. The molecule has 0 saturated carbocycles. The molecule has 74 valence electrons. The number of aromatic nitrogens is 3. The lowest BCUT2D eigenvalue weighted by Gasteiger charge is -1.96. The standard InChI is InChI=1S/C8H10N4S2/c1-5-3-7(12(2)11-5)14-8-10-4-6(9)13-8/h3-4H,9H2,1-2H3. The Bertz CT molecular complexity index is 446. The van der Waals surface area contributed by atoms with E-state index in [1.807, 2.05) is 24.7 Å². The molecule has 0 saturated heterocycles. The largest absolute Gasteiger partial charge is 0.389 e. The van der Waals surface area contributed by atoms with E-state index in [0.29, 0.717) is 0 Å². The zero-order valence-corrected chi connectivity index (χ0v) is 9.52. The van der Waals surface area contributed by atoms with E-state index >= 15 is 0 Å². The molecule has 4 nitrogen and oxygen atoms in total. The average Bonchev–Trinajstić information content (AvgIpc) is 2.61. The van der Waals surface area contributed by atoms with E-state index < -0.39 is 0 Å². The van der Waals surface area contributed by atoms with Crippen LogP contribution in [0.4, 0.5) is 5.00 Å². The maximum Gasteiger partial charge on any atom is 0.158 e. The Hall–Kier alpha value is -1.01. The predicted molar refractivity (Wildman–Crippen MR) is 58.6 cm³/mol. The Kier molecular flexibility index (Phi) is 2.47. The SMILES string of the molecule is Cc1cc(Sc2ncc(N)s2)n(C)n1. The van der Waals surface area contributed by atoms with Crippen LogP contribution in [0.5, 0.6) is 0 Å². The van der Waals surface area contributed by atoms with Gasteiger partial charge in [0.15, 0.2) is 4.34 Å². The fraction of sp³-hybridized carbons (Fsp3) is 0.250. The van der Waals surface area contributed by atoms with Gasteiger partial charge in [-0.3, -0.25) is 4.68 Å². The summed E-state index contributed by atoms with van der Waals surface area (Å²) in [6, 6.07) is 2.03. The minimum Gasteiger partial charge on any atom is -0.389 e. The van der Waals surface area contributed by atoms with E-state index in [1.54, 1.807) is 18.0 Å². The summed E-state index contributed by atoms with van der Waals surface area (Å²) in [6.45, 7) is 1.97. The molecule has 14 heavy (non-hydrogen) atoms. The lowest BCUT2D eigenvalue weighted by atomic mass is 10.5. The number of hydrogen-bond acceptors (Lipinski definition) is 5. The van der Waals surface area contributed by atoms with Gasteiger partial charge in [-0.25, -0.2) is 4.98 Å². The molecule has 6 heteroatoms. The first-order valence-corrected chi connectivity index (χ1v) is 5.68. The van der Waals surface area contributed by atoms with Crippen LogP contribution in [0.25, 0.3) is 0 Å². The van der Waals surface area contributed by atoms with Gasteiger partial charge in [0.25, 0.3) is 0 Å². The second-order valence-corrected chi connectivity index (χ2v) is 5.21. The first kappa shape index (κ1) is 9.54. The van der Waals surface area contributed by atoms with Gasteiger partial charge in [0.2, 0.25) is 0 Å². The van der Waals surface area contributed by atoms with Crippen molar-refractivity contribution in [2.24, 2.45) is 7.05 Å².